The first-order valence-corrected chi connectivity index (χ1v) is 6.34. The van der Waals surface area contributed by atoms with Crippen molar-refractivity contribution in [2.24, 2.45) is 7.05 Å². The first-order chi connectivity index (χ1) is 9.99. The van der Waals surface area contributed by atoms with E-state index in [4.69, 9.17) is 16.1 Å². The van der Waals surface area contributed by atoms with Crippen LogP contribution >= 0.6 is 11.6 Å². The smallest absolute Gasteiger partial charge is 0.222 e. The van der Waals surface area contributed by atoms with Crippen molar-refractivity contribution in [1.82, 2.24) is 19.9 Å². The van der Waals surface area contributed by atoms with Crippen LogP contribution in [0.4, 0.5) is 8.78 Å². The number of aromatic nitrogens is 4. The lowest BCUT2D eigenvalue weighted by Crippen LogP contribution is -1.95. The number of benzene rings is 1. The highest BCUT2D eigenvalue weighted by atomic mass is 35.5. The average molecular weight is 311 g/mol. The summed E-state index contributed by atoms with van der Waals surface area (Å²) in [6.45, 7) is 1.67. The Labute approximate surface area is 123 Å². The van der Waals surface area contributed by atoms with Crippen LogP contribution in [-0.4, -0.2) is 19.9 Å². The minimum Gasteiger partial charge on any atom is -0.351 e. The summed E-state index contributed by atoms with van der Waals surface area (Å²) in [5, 5.41) is 8.01. The van der Waals surface area contributed by atoms with E-state index in [2.05, 4.69) is 15.2 Å². The molecule has 0 unspecified atom stereocenters. The Balaban J connectivity index is 2.17. The number of rotatable bonds is 2. The van der Waals surface area contributed by atoms with Gasteiger partial charge >= 0.3 is 0 Å². The van der Waals surface area contributed by atoms with E-state index in [1.165, 1.54) is 10.7 Å². The SMILES string of the molecule is Cc1noc(-c2nc(-c3c(F)cccc3F)nn2C)c1Cl. The molecular formula is C13H9ClF2N4O. The van der Waals surface area contributed by atoms with E-state index in [1.807, 2.05) is 0 Å². The molecule has 1 aromatic carbocycles. The van der Waals surface area contributed by atoms with Crippen molar-refractivity contribution in [2.45, 2.75) is 6.92 Å². The highest BCUT2D eigenvalue weighted by Crippen LogP contribution is 2.31. The Morgan fingerprint density at radius 3 is 2.48 bits per heavy atom. The van der Waals surface area contributed by atoms with Crippen molar-refractivity contribution < 1.29 is 13.3 Å². The fraction of sp³-hybridized carbons (Fsp3) is 0.154. The maximum absolute atomic E-state index is 13.8. The molecule has 0 aliphatic rings. The molecule has 2 aromatic heterocycles. The molecule has 0 fully saturated rings. The van der Waals surface area contributed by atoms with Crippen molar-refractivity contribution in [3.8, 4) is 23.0 Å². The van der Waals surface area contributed by atoms with Crippen molar-refractivity contribution in [2.75, 3.05) is 0 Å². The van der Waals surface area contributed by atoms with E-state index in [9.17, 15) is 8.78 Å². The zero-order valence-corrected chi connectivity index (χ0v) is 11.8. The summed E-state index contributed by atoms with van der Waals surface area (Å²) in [5.74, 6) is -1.14. The van der Waals surface area contributed by atoms with Gasteiger partial charge in [0.25, 0.3) is 0 Å². The summed E-state index contributed by atoms with van der Waals surface area (Å²) in [5.41, 5.74) is 0.194. The molecule has 0 aliphatic carbocycles. The molecule has 0 aliphatic heterocycles. The predicted molar refractivity (Wildman–Crippen MR) is 71.6 cm³/mol. The van der Waals surface area contributed by atoms with Crippen LogP contribution in [0.5, 0.6) is 0 Å². The molecule has 3 rings (SSSR count). The molecule has 0 atom stereocenters. The van der Waals surface area contributed by atoms with Crippen molar-refractivity contribution in [1.29, 1.82) is 0 Å². The van der Waals surface area contributed by atoms with Gasteiger partial charge in [-0.25, -0.2) is 18.4 Å². The van der Waals surface area contributed by atoms with Gasteiger partial charge in [0, 0.05) is 7.05 Å². The van der Waals surface area contributed by atoms with Crippen molar-refractivity contribution >= 4 is 11.6 Å². The van der Waals surface area contributed by atoms with Gasteiger partial charge in [-0.3, -0.25) is 0 Å². The molecule has 0 radical (unpaired) electrons. The summed E-state index contributed by atoms with van der Waals surface area (Å²) in [6.07, 6.45) is 0. The summed E-state index contributed by atoms with van der Waals surface area (Å²) in [7, 11) is 1.57. The summed E-state index contributed by atoms with van der Waals surface area (Å²) in [4.78, 5) is 4.10. The van der Waals surface area contributed by atoms with Crippen molar-refractivity contribution in [3.05, 3.63) is 40.6 Å². The number of hydrogen-bond acceptors (Lipinski definition) is 4. The topological polar surface area (TPSA) is 56.7 Å². The third-order valence-corrected chi connectivity index (χ3v) is 3.39. The normalized spacial score (nSPS) is 11.1. The first-order valence-electron chi connectivity index (χ1n) is 5.96. The molecule has 0 saturated heterocycles. The van der Waals surface area contributed by atoms with Gasteiger partial charge in [-0.15, -0.1) is 0 Å². The van der Waals surface area contributed by atoms with Crippen LogP contribution in [0, 0.1) is 18.6 Å². The molecule has 3 aromatic rings. The minimum atomic E-state index is -0.744. The lowest BCUT2D eigenvalue weighted by atomic mass is 10.2. The van der Waals surface area contributed by atoms with Crippen LogP contribution < -0.4 is 0 Å². The number of nitrogens with zero attached hydrogens (tertiary/aromatic N) is 4. The zero-order chi connectivity index (χ0) is 15.1. The minimum absolute atomic E-state index is 0.0896. The van der Waals surface area contributed by atoms with Gasteiger partial charge in [-0.2, -0.15) is 5.10 Å². The Hall–Kier alpha value is -2.28. The number of halogens is 3. The van der Waals surface area contributed by atoms with E-state index >= 15 is 0 Å². The van der Waals surface area contributed by atoms with E-state index in [0.29, 0.717) is 5.69 Å². The zero-order valence-electron chi connectivity index (χ0n) is 11.1. The van der Waals surface area contributed by atoms with Crippen LogP contribution in [0.1, 0.15) is 5.69 Å². The lowest BCUT2D eigenvalue weighted by Gasteiger charge is -1.98. The van der Waals surface area contributed by atoms with Crippen LogP contribution in [0.25, 0.3) is 23.0 Å². The molecule has 108 valence electrons. The Morgan fingerprint density at radius 1 is 1.24 bits per heavy atom. The van der Waals surface area contributed by atoms with Gasteiger partial charge < -0.3 is 4.52 Å². The molecule has 0 amide bonds. The Bertz CT molecular complexity index is 807. The molecule has 2 heterocycles. The molecule has 0 bridgehead atoms. The lowest BCUT2D eigenvalue weighted by molar-refractivity contribution is 0.422. The maximum Gasteiger partial charge on any atom is 0.222 e. The molecule has 0 saturated carbocycles. The second kappa shape index (κ2) is 4.92. The van der Waals surface area contributed by atoms with Gasteiger partial charge in [-0.05, 0) is 19.1 Å². The Kier molecular flexibility index (Phi) is 3.21. The van der Waals surface area contributed by atoms with Gasteiger partial charge in [0.15, 0.2) is 11.6 Å². The fourth-order valence-corrected chi connectivity index (χ4v) is 2.05. The van der Waals surface area contributed by atoms with E-state index in [1.54, 1.807) is 14.0 Å². The van der Waals surface area contributed by atoms with Crippen molar-refractivity contribution in [3.63, 3.8) is 0 Å². The monoisotopic (exact) mass is 310 g/mol. The second-order valence-electron chi connectivity index (χ2n) is 4.39. The molecule has 21 heavy (non-hydrogen) atoms. The van der Waals surface area contributed by atoms with E-state index in [-0.39, 0.29) is 28.0 Å². The molecule has 5 nitrogen and oxygen atoms in total. The van der Waals surface area contributed by atoms with Crippen LogP contribution in [0.2, 0.25) is 5.02 Å². The van der Waals surface area contributed by atoms with Crippen LogP contribution in [0.15, 0.2) is 22.7 Å². The Morgan fingerprint density at radius 2 is 1.90 bits per heavy atom. The third kappa shape index (κ3) is 2.19. The van der Waals surface area contributed by atoms with Gasteiger partial charge in [0.05, 0.1) is 11.3 Å². The summed E-state index contributed by atoms with van der Waals surface area (Å²) < 4.78 is 33.9. The summed E-state index contributed by atoms with van der Waals surface area (Å²) >= 11 is 6.05. The standard InChI is InChI=1S/C13H9ClF2N4O/c1-6-10(14)11(21-19-6)13-17-12(18-20(13)2)9-7(15)4-3-5-8(9)16/h3-5H,1-2H3. The first kappa shape index (κ1) is 13.7. The largest absolute Gasteiger partial charge is 0.351 e. The fourth-order valence-electron chi connectivity index (χ4n) is 1.90. The second-order valence-corrected chi connectivity index (χ2v) is 4.77. The van der Waals surface area contributed by atoms with E-state index in [0.717, 1.165) is 12.1 Å². The van der Waals surface area contributed by atoms with E-state index < -0.39 is 11.6 Å². The highest BCUT2D eigenvalue weighted by molar-refractivity contribution is 6.33. The quantitative estimate of drug-likeness (QED) is 0.728. The van der Waals surface area contributed by atoms with Gasteiger partial charge in [0.2, 0.25) is 5.76 Å². The molecule has 8 heteroatoms. The maximum atomic E-state index is 13.8. The van der Waals surface area contributed by atoms with Gasteiger partial charge in [0.1, 0.15) is 16.7 Å². The third-order valence-electron chi connectivity index (χ3n) is 2.94. The van der Waals surface area contributed by atoms with Crippen LogP contribution in [0.3, 0.4) is 0 Å². The van der Waals surface area contributed by atoms with Crippen LogP contribution in [-0.2, 0) is 7.05 Å². The highest BCUT2D eigenvalue weighted by Gasteiger charge is 2.22. The summed E-state index contributed by atoms with van der Waals surface area (Å²) in [6, 6.07) is 3.55. The predicted octanol–water partition coefficient (Wildman–Crippen LogP) is 3.38. The molecular weight excluding hydrogens is 302 g/mol. The molecule has 0 N–H and O–H groups in total. The average Bonchev–Trinajstić information content (AvgIpc) is 2.94. The number of hydrogen-bond donors (Lipinski definition) is 0. The number of aryl methyl sites for hydroxylation is 2. The van der Waals surface area contributed by atoms with Gasteiger partial charge in [-0.1, -0.05) is 22.8 Å². The molecule has 0 spiro atoms.